The molecule has 108 valence electrons. The lowest BCUT2D eigenvalue weighted by Gasteiger charge is -2.12. The van der Waals surface area contributed by atoms with E-state index in [1.165, 1.54) is 12.8 Å². The van der Waals surface area contributed by atoms with Crippen LogP contribution in [0, 0.1) is 5.92 Å². The first-order valence-corrected chi connectivity index (χ1v) is 7.33. The van der Waals surface area contributed by atoms with E-state index in [1.54, 1.807) is 7.11 Å². The molecule has 0 aliphatic heterocycles. The van der Waals surface area contributed by atoms with Crippen LogP contribution in [0.3, 0.4) is 0 Å². The first kappa shape index (κ1) is 14.8. The highest BCUT2D eigenvalue weighted by Gasteiger charge is 2.18. The lowest BCUT2D eigenvalue weighted by Crippen LogP contribution is -2.34. The van der Waals surface area contributed by atoms with Crippen molar-refractivity contribution in [3.63, 3.8) is 0 Å². The fourth-order valence-corrected chi connectivity index (χ4v) is 2.72. The molecular formula is C15H20N2O2S. The van der Waals surface area contributed by atoms with E-state index in [1.807, 2.05) is 24.3 Å². The molecule has 1 amide bonds. The summed E-state index contributed by atoms with van der Waals surface area (Å²) in [5, 5.41) is 6.07. The molecule has 20 heavy (non-hydrogen) atoms. The summed E-state index contributed by atoms with van der Waals surface area (Å²) in [7, 11) is 1.62. The predicted molar refractivity (Wildman–Crippen MR) is 83.9 cm³/mol. The number of carbonyl (C=O) groups is 1. The van der Waals surface area contributed by atoms with Crippen LogP contribution in [0.5, 0.6) is 5.75 Å². The second kappa shape index (κ2) is 7.24. The molecule has 0 atom stereocenters. The molecule has 1 aliphatic carbocycles. The molecule has 0 spiro atoms. The van der Waals surface area contributed by atoms with Crippen LogP contribution in [0.2, 0.25) is 0 Å². The second-order valence-electron chi connectivity index (χ2n) is 5.09. The highest BCUT2D eigenvalue weighted by atomic mass is 32.1. The first-order chi connectivity index (χ1) is 9.67. The highest BCUT2D eigenvalue weighted by molar-refractivity contribution is 7.80. The van der Waals surface area contributed by atoms with Gasteiger partial charge in [-0.15, -0.1) is 0 Å². The van der Waals surface area contributed by atoms with Gasteiger partial charge in [0, 0.05) is 12.1 Å². The highest BCUT2D eigenvalue weighted by Crippen LogP contribution is 2.27. The molecule has 1 aromatic carbocycles. The Morgan fingerprint density at radius 1 is 1.30 bits per heavy atom. The van der Waals surface area contributed by atoms with Gasteiger partial charge in [-0.05, 0) is 55.2 Å². The van der Waals surface area contributed by atoms with Gasteiger partial charge in [0.25, 0.3) is 0 Å². The van der Waals surface area contributed by atoms with Crippen LogP contribution in [-0.2, 0) is 4.79 Å². The summed E-state index contributed by atoms with van der Waals surface area (Å²) in [6.45, 7) is 0. The smallest absolute Gasteiger partial charge is 0.226 e. The maximum atomic E-state index is 11.8. The van der Waals surface area contributed by atoms with Crippen molar-refractivity contribution in [2.75, 3.05) is 12.4 Å². The molecule has 0 aromatic heterocycles. The molecule has 2 N–H and O–H groups in total. The number of hydrogen-bond acceptors (Lipinski definition) is 3. The van der Waals surface area contributed by atoms with Crippen LogP contribution >= 0.6 is 12.2 Å². The molecule has 5 heteroatoms. The fraction of sp³-hybridized carbons (Fsp3) is 0.467. The molecule has 0 saturated heterocycles. The third-order valence-corrected chi connectivity index (χ3v) is 3.75. The molecule has 1 aliphatic rings. The Kier molecular flexibility index (Phi) is 5.35. The largest absolute Gasteiger partial charge is 0.497 e. The Morgan fingerprint density at radius 2 is 1.95 bits per heavy atom. The van der Waals surface area contributed by atoms with E-state index in [0.717, 1.165) is 24.3 Å². The van der Waals surface area contributed by atoms with Crippen LogP contribution in [0.15, 0.2) is 24.3 Å². The first-order valence-electron chi connectivity index (χ1n) is 6.92. The third kappa shape index (κ3) is 4.49. The number of anilines is 1. The van der Waals surface area contributed by atoms with Gasteiger partial charge in [-0.1, -0.05) is 12.8 Å². The van der Waals surface area contributed by atoms with Gasteiger partial charge in [-0.25, -0.2) is 0 Å². The number of hydrogen-bond donors (Lipinski definition) is 2. The van der Waals surface area contributed by atoms with Crippen molar-refractivity contribution in [1.29, 1.82) is 0 Å². The van der Waals surface area contributed by atoms with E-state index in [4.69, 9.17) is 17.0 Å². The molecule has 1 aromatic rings. The van der Waals surface area contributed by atoms with Gasteiger partial charge in [0.1, 0.15) is 5.75 Å². The van der Waals surface area contributed by atoms with Gasteiger partial charge in [0.05, 0.1) is 7.11 Å². The third-order valence-electron chi connectivity index (χ3n) is 3.55. The van der Waals surface area contributed by atoms with Crippen LogP contribution in [0.1, 0.15) is 32.1 Å². The van der Waals surface area contributed by atoms with Crippen LogP contribution in [-0.4, -0.2) is 18.1 Å². The standard InChI is InChI=1S/C15H20N2O2S/c1-19-13-8-6-12(7-9-13)16-15(20)17-14(18)10-11-4-2-3-5-11/h6-9,11H,2-5,10H2,1H3,(H2,16,17,18,20). The van der Waals surface area contributed by atoms with E-state index in [-0.39, 0.29) is 5.91 Å². The SMILES string of the molecule is COc1ccc(NC(=S)NC(=O)CC2CCCC2)cc1. The topological polar surface area (TPSA) is 50.4 Å². The van der Waals surface area contributed by atoms with E-state index >= 15 is 0 Å². The summed E-state index contributed by atoms with van der Waals surface area (Å²) < 4.78 is 5.08. The average Bonchev–Trinajstić information content (AvgIpc) is 2.92. The Balaban J connectivity index is 1.77. The molecule has 0 radical (unpaired) electrons. The van der Waals surface area contributed by atoms with Crippen molar-refractivity contribution < 1.29 is 9.53 Å². The van der Waals surface area contributed by atoms with Crippen molar-refractivity contribution in [2.24, 2.45) is 5.92 Å². The van der Waals surface area contributed by atoms with Crippen molar-refractivity contribution >= 4 is 28.9 Å². The normalized spacial score (nSPS) is 14.8. The van der Waals surface area contributed by atoms with E-state index in [9.17, 15) is 4.79 Å². The van der Waals surface area contributed by atoms with Crippen molar-refractivity contribution in [1.82, 2.24) is 5.32 Å². The number of benzene rings is 1. The molecule has 1 saturated carbocycles. The molecule has 2 rings (SSSR count). The number of methoxy groups -OCH3 is 1. The lowest BCUT2D eigenvalue weighted by atomic mass is 10.0. The maximum absolute atomic E-state index is 11.8. The molecule has 4 nitrogen and oxygen atoms in total. The summed E-state index contributed by atoms with van der Waals surface area (Å²) in [5.41, 5.74) is 0.831. The van der Waals surface area contributed by atoms with Crippen LogP contribution in [0.4, 0.5) is 5.69 Å². The summed E-state index contributed by atoms with van der Waals surface area (Å²) in [5.74, 6) is 1.31. The average molecular weight is 292 g/mol. The number of rotatable bonds is 4. The molecule has 0 bridgehead atoms. The van der Waals surface area contributed by atoms with Gasteiger partial charge in [-0.2, -0.15) is 0 Å². The number of nitrogens with one attached hydrogen (secondary N) is 2. The molecule has 0 heterocycles. The maximum Gasteiger partial charge on any atom is 0.226 e. The van der Waals surface area contributed by atoms with Gasteiger partial charge in [-0.3, -0.25) is 4.79 Å². The minimum absolute atomic E-state index is 0.00270. The zero-order valence-corrected chi connectivity index (χ0v) is 12.5. The van der Waals surface area contributed by atoms with Gasteiger partial charge < -0.3 is 15.4 Å². The van der Waals surface area contributed by atoms with Crippen LogP contribution < -0.4 is 15.4 Å². The Hall–Kier alpha value is -1.62. The van der Waals surface area contributed by atoms with Gasteiger partial charge in [0.2, 0.25) is 5.91 Å². The Labute approximate surface area is 124 Å². The van der Waals surface area contributed by atoms with Crippen molar-refractivity contribution in [3.05, 3.63) is 24.3 Å². The number of thiocarbonyl (C=S) groups is 1. The van der Waals surface area contributed by atoms with Gasteiger partial charge in [0.15, 0.2) is 5.11 Å². The predicted octanol–water partition coefficient (Wildman–Crippen LogP) is 3.09. The molecular weight excluding hydrogens is 272 g/mol. The van der Waals surface area contributed by atoms with Crippen molar-refractivity contribution in [3.8, 4) is 5.75 Å². The minimum Gasteiger partial charge on any atom is -0.497 e. The summed E-state index contributed by atoms with van der Waals surface area (Å²) >= 11 is 5.14. The van der Waals surface area contributed by atoms with Gasteiger partial charge >= 0.3 is 0 Å². The zero-order chi connectivity index (χ0) is 14.4. The number of ether oxygens (including phenoxy) is 1. The molecule has 0 unspecified atom stereocenters. The zero-order valence-electron chi connectivity index (χ0n) is 11.6. The Morgan fingerprint density at radius 3 is 2.55 bits per heavy atom. The summed E-state index contributed by atoms with van der Waals surface area (Å²) in [6.07, 6.45) is 5.38. The number of amides is 1. The monoisotopic (exact) mass is 292 g/mol. The van der Waals surface area contributed by atoms with Crippen molar-refractivity contribution in [2.45, 2.75) is 32.1 Å². The minimum atomic E-state index is 0.00270. The van der Waals surface area contributed by atoms with Crippen LogP contribution in [0.25, 0.3) is 0 Å². The summed E-state index contributed by atoms with van der Waals surface area (Å²) in [6, 6.07) is 7.39. The lowest BCUT2D eigenvalue weighted by molar-refractivity contribution is -0.120. The number of carbonyl (C=O) groups excluding carboxylic acids is 1. The second-order valence-corrected chi connectivity index (χ2v) is 5.49. The Bertz CT molecular complexity index is 467. The quantitative estimate of drug-likeness (QED) is 0.837. The summed E-state index contributed by atoms with van der Waals surface area (Å²) in [4.78, 5) is 11.8. The van der Waals surface area contributed by atoms with E-state index in [0.29, 0.717) is 17.5 Å². The van der Waals surface area contributed by atoms with E-state index < -0.39 is 0 Å². The molecule has 1 fully saturated rings. The fourth-order valence-electron chi connectivity index (χ4n) is 2.49. The van der Waals surface area contributed by atoms with E-state index in [2.05, 4.69) is 10.6 Å².